The van der Waals surface area contributed by atoms with E-state index in [4.69, 9.17) is 21.3 Å². The molecule has 0 amide bonds. The van der Waals surface area contributed by atoms with E-state index in [1.165, 1.54) is 0 Å². The lowest BCUT2D eigenvalue weighted by atomic mass is 10.2. The Morgan fingerprint density at radius 1 is 1.43 bits per heavy atom. The maximum atomic E-state index is 9.14. The Balaban J connectivity index is 1.76. The molecule has 1 saturated heterocycles. The monoisotopic (exact) mass is 303 g/mol. The Morgan fingerprint density at radius 2 is 2.29 bits per heavy atom. The Bertz CT molecular complexity index is 665. The molecule has 6 nitrogen and oxygen atoms in total. The molecule has 2 aromatic rings. The Labute approximate surface area is 127 Å². The molecule has 1 unspecified atom stereocenters. The van der Waals surface area contributed by atoms with Gasteiger partial charge in [-0.1, -0.05) is 23.7 Å². The van der Waals surface area contributed by atoms with Crippen LogP contribution in [0, 0.1) is 11.3 Å². The molecule has 3 rings (SSSR count). The van der Waals surface area contributed by atoms with Gasteiger partial charge in [0.15, 0.2) is 0 Å². The molecule has 1 fully saturated rings. The Kier molecular flexibility index (Phi) is 4.15. The Morgan fingerprint density at radius 3 is 3.10 bits per heavy atom. The lowest BCUT2D eigenvalue weighted by Gasteiger charge is -2.30. The summed E-state index contributed by atoms with van der Waals surface area (Å²) in [5.41, 5.74) is 0.718. The van der Waals surface area contributed by atoms with Crippen LogP contribution in [0.1, 0.15) is 5.89 Å². The lowest BCUT2D eigenvalue weighted by molar-refractivity contribution is 0.173. The maximum absolute atomic E-state index is 9.14. The van der Waals surface area contributed by atoms with Crippen molar-refractivity contribution >= 4 is 11.6 Å². The fourth-order valence-electron chi connectivity index (χ4n) is 2.30. The van der Waals surface area contributed by atoms with Crippen molar-refractivity contribution in [3.8, 4) is 17.5 Å². The van der Waals surface area contributed by atoms with Gasteiger partial charge in [0.05, 0.1) is 23.2 Å². The summed E-state index contributed by atoms with van der Waals surface area (Å²) in [6.45, 7) is 2.76. The average Bonchev–Trinajstić information content (AvgIpc) is 2.96. The van der Waals surface area contributed by atoms with Crippen molar-refractivity contribution in [1.29, 1.82) is 5.26 Å². The molecular formula is C14H14ClN5O. The van der Waals surface area contributed by atoms with Gasteiger partial charge in [-0.2, -0.15) is 5.26 Å². The number of nitrogens with zero attached hydrogens (tertiary/aromatic N) is 4. The molecule has 21 heavy (non-hydrogen) atoms. The molecule has 0 radical (unpaired) electrons. The summed E-state index contributed by atoms with van der Waals surface area (Å²) >= 11 is 6.12. The summed E-state index contributed by atoms with van der Waals surface area (Å²) in [4.78, 5) is 2.03. The van der Waals surface area contributed by atoms with Crippen molar-refractivity contribution in [3.63, 3.8) is 0 Å². The average molecular weight is 304 g/mol. The first kappa shape index (κ1) is 14.0. The summed E-state index contributed by atoms with van der Waals surface area (Å²) in [7, 11) is 0. The minimum Gasteiger partial charge on any atom is -0.419 e. The molecule has 1 aliphatic heterocycles. The number of hydrogen-bond donors (Lipinski definition) is 1. The van der Waals surface area contributed by atoms with E-state index in [9.17, 15) is 0 Å². The SMILES string of the molecule is N#CC1CNCCN1Cc1nnc(-c2ccccc2Cl)o1. The van der Waals surface area contributed by atoms with Gasteiger partial charge < -0.3 is 9.73 Å². The minimum absolute atomic E-state index is 0.172. The molecule has 0 aliphatic carbocycles. The molecule has 1 atom stereocenters. The number of benzene rings is 1. The molecule has 0 saturated carbocycles. The van der Waals surface area contributed by atoms with Gasteiger partial charge in [0, 0.05) is 19.6 Å². The zero-order valence-corrected chi connectivity index (χ0v) is 12.0. The third-order valence-electron chi connectivity index (χ3n) is 3.41. The lowest BCUT2D eigenvalue weighted by Crippen LogP contribution is -2.50. The Hall–Kier alpha value is -1.94. The van der Waals surface area contributed by atoms with Crippen molar-refractivity contribution in [2.75, 3.05) is 19.6 Å². The minimum atomic E-state index is -0.172. The van der Waals surface area contributed by atoms with Crippen LogP contribution in [0.25, 0.3) is 11.5 Å². The van der Waals surface area contributed by atoms with Gasteiger partial charge in [-0.3, -0.25) is 4.90 Å². The quantitative estimate of drug-likeness (QED) is 0.929. The van der Waals surface area contributed by atoms with Crippen LogP contribution in [0.5, 0.6) is 0 Å². The van der Waals surface area contributed by atoms with E-state index < -0.39 is 0 Å². The summed E-state index contributed by atoms with van der Waals surface area (Å²) < 4.78 is 5.67. The van der Waals surface area contributed by atoms with Crippen LogP contribution in [0.4, 0.5) is 0 Å². The highest BCUT2D eigenvalue weighted by Crippen LogP contribution is 2.26. The van der Waals surface area contributed by atoms with Crippen LogP contribution in [0.15, 0.2) is 28.7 Å². The highest BCUT2D eigenvalue weighted by molar-refractivity contribution is 6.33. The van der Waals surface area contributed by atoms with Gasteiger partial charge in [-0.15, -0.1) is 10.2 Å². The summed E-state index contributed by atoms with van der Waals surface area (Å²) in [5.74, 6) is 0.895. The van der Waals surface area contributed by atoms with E-state index in [1.807, 2.05) is 23.1 Å². The normalized spacial score (nSPS) is 19.3. The van der Waals surface area contributed by atoms with Crippen molar-refractivity contribution < 1.29 is 4.42 Å². The van der Waals surface area contributed by atoms with Gasteiger partial charge in [-0.05, 0) is 12.1 Å². The number of nitriles is 1. The van der Waals surface area contributed by atoms with Crippen LogP contribution in [-0.2, 0) is 6.54 Å². The zero-order valence-electron chi connectivity index (χ0n) is 11.3. The van der Waals surface area contributed by atoms with Gasteiger partial charge in [0.25, 0.3) is 0 Å². The van der Waals surface area contributed by atoms with Crippen molar-refractivity contribution in [1.82, 2.24) is 20.4 Å². The third-order valence-corrected chi connectivity index (χ3v) is 3.74. The zero-order chi connectivity index (χ0) is 14.7. The van der Waals surface area contributed by atoms with Crippen LogP contribution < -0.4 is 5.32 Å². The molecule has 1 aliphatic rings. The van der Waals surface area contributed by atoms with E-state index in [1.54, 1.807) is 6.07 Å². The second-order valence-electron chi connectivity index (χ2n) is 4.80. The smallest absolute Gasteiger partial charge is 0.249 e. The number of nitrogens with one attached hydrogen (secondary N) is 1. The molecular weight excluding hydrogens is 290 g/mol. The van der Waals surface area contributed by atoms with E-state index in [2.05, 4.69) is 21.6 Å². The predicted molar refractivity (Wildman–Crippen MR) is 77.4 cm³/mol. The number of piperazine rings is 1. The molecule has 1 aromatic carbocycles. The number of hydrogen-bond acceptors (Lipinski definition) is 6. The highest BCUT2D eigenvalue weighted by Gasteiger charge is 2.24. The number of aromatic nitrogens is 2. The maximum Gasteiger partial charge on any atom is 0.249 e. The van der Waals surface area contributed by atoms with Crippen LogP contribution >= 0.6 is 11.6 Å². The van der Waals surface area contributed by atoms with Crippen molar-refractivity contribution in [3.05, 3.63) is 35.2 Å². The van der Waals surface area contributed by atoms with Gasteiger partial charge in [-0.25, -0.2) is 0 Å². The van der Waals surface area contributed by atoms with Gasteiger partial charge in [0.1, 0.15) is 6.04 Å². The molecule has 1 aromatic heterocycles. The summed E-state index contributed by atoms with van der Waals surface area (Å²) in [6, 6.07) is 9.44. The fourth-order valence-corrected chi connectivity index (χ4v) is 2.51. The summed E-state index contributed by atoms with van der Waals surface area (Å²) in [5, 5.41) is 21.0. The highest BCUT2D eigenvalue weighted by atomic mass is 35.5. The van der Waals surface area contributed by atoms with Crippen LogP contribution in [0.3, 0.4) is 0 Å². The second-order valence-corrected chi connectivity index (χ2v) is 5.21. The molecule has 2 heterocycles. The van der Waals surface area contributed by atoms with E-state index in [-0.39, 0.29) is 6.04 Å². The standard InChI is InChI=1S/C14H14ClN5O/c15-12-4-2-1-3-11(12)14-19-18-13(21-14)9-20-6-5-17-8-10(20)7-16/h1-4,10,17H,5-6,8-9H2. The second kappa shape index (κ2) is 6.22. The predicted octanol–water partition coefficient (Wildman–Crippen LogP) is 1.69. The van der Waals surface area contributed by atoms with Crippen LogP contribution in [-0.4, -0.2) is 40.8 Å². The molecule has 7 heteroatoms. The number of rotatable bonds is 3. The first-order chi connectivity index (χ1) is 10.3. The van der Waals surface area contributed by atoms with Crippen molar-refractivity contribution in [2.45, 2.75) is 12.6 Å². The molecule has 0 spiro atoms. The first-order valence-corrected chi connectivity index (χ1v) is 7.07. The molecule has 108 valence electrons. The molecule has 1 N–H and O–H groups in total. The van der Waals surface area contributed by atoms with E-state index in [0.717, 1.165) is 18.7 Å². The van der Waals surface area contributed by atoms with Gasteiger partial charge >= 0.3 is 0 Å². The van der Waals surface area contributed by atoms with Gasteiger partial charge in [0.2, 0.25) is 11.8 Å². The van der Waals surface area contributed by atoms with Crippen molar-refractivity contribution in [2.24, 2.45) is 0 Å². The first-order valence-electron chi connectivity index (χ1n) is 6.69. The van der Waals surface area contributed by atoms with E-state index >= 15 is 0 Å². The topological polar surface area (TPSA) is 78.0 Å². The number of halogens is 1. The molecule has 0 bridgehead atoms. The largest absolute Gasteiger partial charge is 0.419 e. The van der Waals surface area contributed by atoms with E-state index in [0.29, 0.717) is 29.9 Å². The third kappa shape index (κ3) is 3.05. The van der Waals surface area contributed by atoms with Crippen LogP contribution in [0.2, 0.25) is 5.02 Å². The fraction of sp³-hybridized carbons (Fsp3) is 0.357. The summed E-state index contributed by atoms with van der Waals surface area (Å²) in [6.07, 6.45) is 0.